The Bertz CT molecular complexity index is 1200. The van der Waals surface area contributed by atoms with Gasteiger partial charge < -0.3 is 18.1 Å². The Morgan fingerprint density at radius 3 is 2.02 bits per heavy atom. The summed E-state index contributed by atoms with van der Waals surface area (Å²) in [6.45, 7) is 25.7. The van der Waals surface area contributed by atoms with E-state index in [1.165, 1.54) is 0 Å². The van der Waals surface area contributed by atoms with Crippen molar-refractivity contribution in [3.8, 4) is 0 Å². The number of aliphatic carboxylic acids is 1. The number of hydrogen-bond donors (Lipinski definition) is 1. The Morgan fingerprint density at radius 2 is 1.52 bits per heavy atom. The summed E-state index contributed by atoms with van der Waals surface area (Å²) in [4.78, 5) is 10.9. The van der Waals surface area contributed by atoms with Crippen molar-refractivity contribution in [3.05, 3.63) is 23.5 Å². The fourth-order valence-corrected chi connectivity index (χ4v) is 8.47. The third-order valence-electron chi connectivity index (χ3n) is 10.4. The van der Waals surface area contributed by atoms with Crippen molar-refractivity contribution in [2.75, 3.05) is 0 Å². The molecule has 48 heavy (non-hydrogen) atoms. The average Bonchev–Trinajstić information content (AvgIpc) is 3.19. The van der Waals surface area contributed by atoms with Crippen molar-refractivity contribution < 1.29 is 44.5 Å². The first-order valence-electron chi connectivity index (χ1n) is 17.6. The summed E-state index contributed by atoms with van der Waals surface area (Å²) in [7, 11) is -10.5. The number of rotatable bonds is 20. The average molecular weight is 743 g/mol. The van der Waals surface area contributed by atoms with E-state index < -0.39 is 50.3 Å². The van der Waals surface area contributed by atoms with E-state index in [9.17, 15) is 26.4 Å². The molecule has 0 aromatic carbocycles. The highest BCUT2D eigenvalue weighted by Crippen LogP contribution is 2.46. The lowest BCUT2D eigenvalue weighted by atomic mass is 9.92. The van der Waals surface area contributed by atoms with Crippen LogP contribution in [0, 0.1) is 11.8 Å². The second-order valence-corrected chi connectivity index (χ2v) is 27.7. The lowest BCUT2D eigenvalue weighted by molar-refractivity contribution is -0.137. The number of carbonyl (C=O) groups is 1. The van der Waals surface area contributed by atoms with Crippen LogP contribution in [0.25, 0.3) is 0 Å². The maximum Gasteiger partial charge on any atom is 0.534 e. The Kier molecular flexibility index (Phi) is 16.7. The molecule has 1 aliphatic carbocycles. The SMILES string of the molecule is CCCC[C@@H](C)C[C@@H](/C=C/[C@@H]1C(CCCCCCC(=O)O)=C(OS(=O)(=O)C(F)(F)F)C[C@H]1O[Si](C)(C)C(C)(C)C)O[Si](C)(C)C(C)(C)C. The van der Waals surface area contributed by atoms with Gasteiger partial charge in [-0.2, -0.15) is 21.6 Å². The fraction of sp³-hybridized carbons (Fsp3) is 0.857. The molecule has 1 aliphatic rings. The summed E-state index contributed by atoms with van der Waals surface area (Å²) in [5.74, 6) is -1.19. The number of unbranched alkanes of at least 4 members (excludes halogenated alkanes) is 4. The molecule has 0 unspecified atom stereocenters. The smallest absolute Gasteiger partial charge is 0.481 e. The van der Waals surface area contributed by atoms with Gasteiger partial charge in [0.15, 0.2) is 16.6 Å². The van der Waals surface area contributed by atoms with Gasteiger partial charge in [-0.3, -0.25) is 4.79 Å². The van der Waals surface area contributed by atoms with E-state index >= 15 is 0 Å². The molecule has 0 spiro atoms. The normalized spacial score (nSPS) is 20.1. The van der Waals surface area contributed by atoms with Gasteiger partial charge in [0.1, 0.15) is 5.76 Å². The van der Waals surface area contributed by atoms with Crippen LogP contribution in [0.15, 0.2) is 23.5 Å². The van der Waals surface area contributed by atoms with Gasteiger partial charge in [-0.1, -0.05) is 99.6 Å². The Hall–Kier alpha value is -1.16. The third kappa shape index (κ3) is 13.9. The van der Waals surface area contributed by atoms with E-state index in [1.54, 1.807) is 0 Å². The first-order valence-corrected chi connectivity index (χ1v) is 24.9. The van der Waals surface area contributed by atoms with Gasteiger partial charge in [0.2, 0.25) is 0 Å². The zero-order chi connectivity index (χ0) is 37.4. The number of halogens is 3. The summed E-state index contributed by atoms with van der Waals surface area (Å²) in [5, 5.41) is 8.75. The van der Waals surface area contributed by atoms with E-state index in [2.05, 4.69) is 81.6 Å². The number of hydrogen-bond acceptors (Lipinski definition) is 6. The maximum atomic E-state index is 13.6. The maximum absolute atomic E-state index is 13.6. The largest absolute Gasteiger partial charge is 0.534 e. The molecule has 0 bridgehead atoms. The number of alkyl halides is 3. The van der Waals surface area contributed by atoms with Crippen LogP contribution in [0.3, 0.4) is 0 Å². The summed E-state index contributed by atoms with van der Waals surface area (Å²) < 4.78 is 84.0. The quantitative estimate of drug-likeness (QED) is 0.0436. The Balaban J connectivity index is 3.70. The second-order valence-electron chi connectivity index (χ2n) is 16.7. The molecule has 13 heteroatoms. The first-order chi connectivity index (χ1) is 21.6. The van der Waals surface area contributed by atoms with Crippen molar-refractivity contribution in [3.63, 3.8) is 0 Å². The first kappa shape index (κ1) is 44.9. The van der Waals surface area contributed by atoms with Crippen molar-refractivity contribution in [1.29, 1.82) is 0 Å². The van der Waals surface area contributed by atoms with Crippen LogP contribution >= 0.6 is 0 Å². The van der Waals surface area contributed by atoms with E-state index in [0.717, 1.165) is 25.7 Å². The summed E-state index contributed by atoms with van der Waals surface area (Å²) in [6, 6.07) is 0. The standard InChI is InChI=1S/C35H65F3O7SSi2/c1-13-14-19-26(2)24-27(44-47(9,10)33(3,4)5)22-23-29-28(20-17-15-16-18-21-32(39)40)30(43-46(41,42)35(36,37)38)25-31(29)45-48(11,12)34(6,7)8/h22-23,26-27,29,31H,13-21,24-25H2,1-12H3,(H,39,40)/b23-22+/t26-,27-,29-,31-/m1/s1. The van der Waals surface area contributed by atoms with Crippen LogP contribution in [0.2, 0.25) is 36.3 Å². The van der Waals surface area contributed by atoms with Crippen LogP contribution in [0.4, 0.5) is 13.2 Å². The molecular formula is C35H65F3O7SSi2. The lowest BCUT2D eigenvalue weighted by Crippen LogP contribution is -2.45. The zero-order valence-corrected chi connectivity index (χ0v) is 34.5. The molecule has 282 valence electrons. The highest BCUT2D eigenvalue weighted by Gasteiger charge is 2.51. The zero-order valence-electron chi connectivity index (χ0n) is 31.7. The highest BCUT2D eigenvalue weighted by atomic mass is 32.2. The van der Waals surface area contributed by atoms with Crippen LogP contribution in [0.1, 0.15) is 126 Å². The second kappa shape index (κ2) is 17.9. The molecular weight excluding hydrogens is 678 g/mol. The van der Waals surface area contributed by atoms with Crippen molar-refractivity contribution in [2.24, 2.45) is 11.8 Å². The molecule has 1 N–H and O–H groups in total. The molecule has 7 nitrogen and oxygen atoms in total. The van der Waals surface area contributed by atoms with Gasteiger partial charge >= 0.3 is 21.6 Å². The van der Waals surface area contributed by atoms with E-state index in [0.29, 0.717) is 43.6 Å². The lowest BCUT2D eigenvalue weighted by Gasteiger charge is -2.40. The topological polar surface area (TPSA) is 99.1 Å². The van der Waals surface area contributed by atoms with Crippen LogP contribution in [0.5, 0.6) is 0 Å². The van der Waals surface area contributed by atoms with E-state index in [1.807, 2.05) is 12.2 Å². The van der Waals surface area contributed by atoms with Gasteiger partial charge in [0.25, 0.3) is 0 Å². The molecule has 0 aromatic heterocycles. The molecule has 0 amide bonds. The van der Waals surface area contributed by atoms with Crippen molar-refractivity contribution in [1.82, 2.24) is 0 Å². The van der Waals surface area contributed by atoms with Gasteiger partial charge in [0, 0.05) is 18.8 Å². The molecule has 0 saturated heterocycles. The minimum Gasteiger partial charge on any atom is -0.481 e. The number of carboxylic acid groups (broad SMARTS) is 1. The van der Waals surface area contributed by atoms with Crippen LogP contribution in [-0.4, -0.2) is 53.8 Å². The fourth-order valence-electron chi connectivity index (χ4n) is 5.31. The Labute approximate surface area is 291 Å². The predicted molar refractivity (Wildman–Crippen MR) is 193 cm³/mol. The predicted octanol–water partition coefficient (Wildman–Crippen LogP) is 11.1. The minimum absolute atomic E-state index is 0.0360. The minimum atomic E-state index is -5.89. The van der Waals surface area contributed by atoms with Gasteiger partial charge in [0.05, 0.1) is 12.2 Å². The highest BCUT2D eigenvalue weighted by molar-refractivity contribution is 7.87. The van der Waals surface area contributed by atoms with Crippen LogP contribution in [-0.2, 0) is 27.9 Å². The molecule has 0 aliphatic heterocycles. The van der Waals surface area contributed by atoms with Crippen molar-refractivity contribution >= 4 is 32.7 Å². The van der Waals surface area contributed by atoms with Crippen LogP contribution < -0.4 is 0 Å². The molecule has 0 heterocycles. The summed E-state index contributed by atoms with van der Waals surface area (Å²) >= 11 is 0. The molecule has 0 radical (unpaired) electrons. The van der Waals surface area contributed by atoms with E-state index in [-0.39, 0.29) is 34.8 Å². The monoisotopic (exact) mass is 742 g/mol. The third-order valence-corrected chi connectivity index (χ3v) is 20.3. The van der Waals surface area contributed by atoms with Gasteiger partial charge in [-0.15, -0.1) is 0 Å². The van der Waals surface area contributed by atoms with Gasteiger partial charge in [-0.25, -0.2) is 0 Å². The summed E-state index contributed by atoms with van der Waals surface area (Å²) in [5.41, 5.74) is -5.08. The van der Waals surface area contributed by atoms with Gasteiger partial charge in [-0.05, 0) is 73.4 Å². The molecule has 0 fully saturated rings. The molecule has 0 aromatic rings. The molecule has 4 atom stereocenters. The van der Waals surface area contributed by atoms with Crippen molar-refractivity contribution in [2.45, 2.75) is 180 Å². The van der Waals surface area contributed by atoms with E-state index in [4.69, 9.17) is 18.1 Å². The molecule has 0 saturated carbocycles. The number of carboxylic acids is 1. The summed E-state index contributed by atoms with van der Waals surface area (Å²) in [6.07, 6.45) is 9.80. The molecule has 1 rings (SSSR count). The Morgan fingerprint density at radius 1 is 0.958 bits per heavy atom.